The molecule has 0 unspecified atom stereocenters. The van der Waals surface area contributed by atoms with Crippen molar-refractivity contribution < 1.29 is 0 Å². The van der Waals surface area contributed by atoms with Crippen LogP contribution < -0.4 is 0 Å². The molecule has 0 atom stereocenters. The highest BCUT2D eigenvalue weighted by Gasteiger charge is 2.01. The molecule has 1 aromatic carbocycles. The molecule has 1 rings (SSSR count). The maximum Gasteiger partial charge on any atom is 0.0277 e. The Morgan fingerprint density at radius 2 is 2.00 bits per heavy atom. The van der Waals surface area contributed by atoms with Crippen LogP contribution in [-0.4, -0.2) is 13.3 Å². The van der Waals surface area contributed by atoms with Crippen LogP contribution in [0.4, 0.5) is 0 Å². The van der Waals surface area contributed by atoms with E-state index in [1.54, 1.807) is 13.3 Å². The Bertz CT molecular complexity index is 418. The van der Waals surface area contributed by atoms with Crippen LogP contribution in [0.15, 0.2) is 59.3 Å². The molecule has 0 saturated heterocycles. The summed E-state index contributed by atoms with van der Waals surface area (Å²) in [5.41, 5.74) is 6.20. The molecule has 0 aliphatic rings. The zero-order valence-electron chi connectivity index (χ0n) is 9.20. The highest BCUT2D eigenvalue weighted by molar-refractivity contribution is 5.90. The first kappa shape index (κ1) is 11.2. The fourth-order valence-electron chi connectivity index (χ4n) is 1.30. The van der Waals surface area contributed by atoms with Crippen molar-refractivity contribution >= 4 is 11.8 Å². The SMILES string of the molecule is C=C=C(C)/C(=C/C=NC)c1ccccc1. The average molecular weight is 197 g/mol. The molecule has 0 heterocycles. The molecule has 0 aliphatic carbocycles. The minimum absolute atomic E-state index is 1.03. The molecule has 0 saturated carbocycles. The van der Waals surface area contributed by atoms with Gasteiger partial charge < -0.3 is 0 Å². The predicted molar refractivity (Wildman–Crippen MR) is 67.2 cm³/mol. The number of benzene rings is 1. The number of allylic oxidation sites excluding steroid dienone is 3. The van der Waals surface area contributed by atoms with Crippen LogP contribution in [0, 0.1) is 0 Å². The standard InChI is InChI=1S/C14H15N/c1-4-12(2)14(10-11-15-3)13-8-6-5-7-9-13/h5-11H,1H2,2-3H3/b14-10-,15-11?. The van der Waals surface area contributed by atoms with Crippen molar-refractivity contribution in [1.82, 2.24) is 0 Å². The predicted octanol–water partition coefficient (Wildman–Crippen LogP) is 3.50. The third-order valence-electron chi connectivity index (χ3n) is 2.14. The van der Waals surface area contributed by atoms with Gasteiger partial charge in [-0.3, -0.25) is 4.99 Å². The lowest BCUT2D eigenvalue weighted by Gasteiger charge is -2.04. The summed E-state index contributed by atoms with van der Waals surface area (Å²) in [4.78, 5) is 3.95. The van der Waals surface area contributed by atoms with E-state index in [0.717, 1.165) is 16.7 Å². The van der Waals surface area contributed by atoms with Crippen molar-refractivity contribution in [3.05, 3.63) is 59.9 Å². The van der Waals surface area contributed by atoms with Gasteiger partial charge in [0.2, 0.25) is 0 Å². The third-order valence-corrected chi connectivity index (χ3v) is 2.14. The molecule has 0 aromatic heterocycles. The molecule has 0 spiro atoms. The molecule has 1 aromatic rings. The second kappa shape index (κ2) is 5.79. The maximum atomic E-state index is 3.95. The van der Waals surface area contributed by atoms with E-state index in [2.05, 4.69) is 29.4 Å². The molecule has 0 amide bonds. The zero-order valence-corrected chi connectivity index (χ0v) is 9.20. The van der Waals surface area contributed by atoms with Crippen molar-refractivity contribution in [1.29, 1.82) is 0 Å². The summed E-state index contributed by atoms with van der Waals surface area (Å²) in [6.07, 6.45) is 3.76. The van der Waals surface area contributed by atoms with E-state index in [0.29, 0.717) is 0 Å². The van der Waals surface area contributed by atoms with Crippen LogP contribution in [0.5, 0.6) is 0 Å². The van der Waals surface area contributed by atoms with Gasteiger partial charge in [0.05, 0.1) is 0 Å². The van der Waals surface area contributed by atoms with E-state index in [4.69, 9.17) is 0 Å². The van der Waals surface area contributed by atoms with E-state index < -0.39 is 0 Å². The summed E-state index contributed by atoms with van der Waals surface area (Å²) in [6, 6.07) is 10.2. The Kier molecular flexibility index (Phi) is 4.33. The van der Waals surface area contributed by atoms with Gasteiger partial charge in [0.15, 0.2) is 0 Å². The quantitative estimate of drug-likeness (QED) is 0.399. The Labute approximate surface area is 91.2 Å². The molecule has 0 radical (unpaired) electrons. The molecule has 0 aliphatic heterocycles. The van der Waals surface area contributed by atoms with Gasteiger partial charge in [-0.15, -0.1) is 5.73 Å². The Morgan fingerprint density at radius 1 is 1.33 bits per heavy atom. The molecule has 76 valence electrons. The minimum atomic E-state index is 1.03. The van der Waals surface area contributed by atoms with Crippen molar-refractivity contribution in [3.8, 4) is 0 Å². The second-order valence-corrected chi connectivity index (χ2v) is 3.16. The Balaban J connectivity index is 3.19. The second-order valence-electron chi connectivity index (χ2n) is 3.16. The number of hydrogen-bond donors (Lipinski definition) is 0. The van der Waals surface area contributed by atoms with Crippen LogP contribution in [0.2, 0.25) is 0 Å². The van der Waals surface area contributed by atoms with Gasteiger partial charge in [0, 0.05) is 13.3 Å². The average Bonchev–Trinajstić information content (AvgIpc) is 2.30. The molecule has 0 N–H and O–H groups in total. The van der Waals surface area contributed by atoms with E-state index in [9.17, 15) is 0 Å². The third kappa shape index (κ3) is 3.08. The van der Waals surface area contributed by atoms with E-state index in [-0.39, 0.29) is 0 Å². The van der Waals surface area contributed by atoms with Gasteiger partial charge in [-0.05, 0) is 29.7 Å². The monoisotopic (exact) mass is 197 g/mol. The van der Waals surface area contributed by atoms with Gasteiger partial charge in [-0.1, -0.05) is 36.9 Å². The Morgan fingerprint density at radius 3 is 2.53 bits per heavy atom. The zero-order chi connectivity index (χ0) is 11.1. The summed E-state index contributed by atoms with van der Waals surface area (Å²) in [5.74, 6) is 0. The van der Waals surface area contributed by atoms with Crippen LogP contribution in [-0.2, 0) is 0 Å². The van der Waals surface area contributed by atoms with Gasteiger partial charge in [0.25, 0.3) is 0 Å². The Hall–Kier alpha value is -1.85. The van der Waals surface area contributed by atoms with Crippen molar-refractivity contribution in [3.63, 3.8) is 0 Å². The number of hydrogen-bond acceptors (Lipinski definition) is 1. The van der Waals surface area contributed by atoms with Crippen LogP contribution in [0.3, 0.4) is 0 Å². The lowest BCUT2D eigenvalue weighted by atomic mass is 9.99. The van der Waals surface area contributed by atoms with Gasteiger partial charge >= 0.3 is 0 Å². The molecular formula is C14H15N. The summed E-state index contributed by atoms with van der Waals surface area (Å²) >= 11 is 0. The summed E-state index contributed by atoms with van der Waals surface area (Å²) in [7, 11) is 1.76. The number of rotatable bonds is 3. The normalized spacial score (nSPS) is 11.5. The molecule has 0 fully saturated rings. The van der Waals surface area contributed by atoms with Crippen molar-refractivity contribution in [2.24, 2.45) is 4.99 Å². The van der Waals surface area contributed by atoms with Crippen LogP contribution >= 0.6 is 0 Å². The minimum Gasteiger partial charge on any atom is -0.296 e. The largest absolute Gasteiger partial charge is 0.296 e. The smallest absolute Gasteiger partial charge is 0.0277 e. The van der Waals surface area contributed by atoms with E-state index in [1.807, 2.05) is 31.2 Å². The number of nitrogens with zero attached hydrogens (tertiary/aromatic N) is 1. The summed E-state index contributed by atoms with van der Waals surface area (Å²) in [6.45, 7) is 5.66. The molecule has 1 heteroatoms. The van der Waals surface area contributed by atoms with Crippen LogP contribution in [0.1, 0.15) is 12.5 Å². The summed E-state index contributed by atoms with van der Waals surface area (Å²) in [5, 5.41) is 0. The highest BCUT2D eigenvalue weighted by Crippen LogP contribution is 2.20. The lowest BCUT2D eigenvalue weighted by molar-refractivity contribution is 1.47. The molecule has 0 bridgehead atoms. The highest BCUT2D eigenvalue weighted by atomic mass is 14.6. The topological polar surface area (TPSA) is 12.4 Å². The van der Waals surface area contributed by atoms with Gasteiger partial charge in [0.1, 0.15) is 0 Å². The number of aliphatic imine (C=N–C) groups is 1. The molecule has 15 heavy (non-hydrogen) atoms. The van der Waals surface area contributed by atoms with Gasteiger partial charge in [-0.2, -0.15) is 0 Å². The molecule has 1 nitrogen and oxygen atoms in total. The van der Waals surface area contributed by atoms with Crippen molar-refractivity contribution in [2.45, 2.75) is 6.92 Å². The van der Waals surface area contributed by atoms with E-state index >= 15 is 0 Å². The molecular weight excluding hydrogens is 182 g/mol. The fourth-order valence-corrected chi connectivity index (χ4v) is 1.30. The van der Waals surface area contributed by atoms with Crippen LogP contribution in [0.25, 0.3) is 5.57 Å². The van der Waals surface area contributed by atoms with E-state index in [1.165, 1.54) is 0 Å². The summed E-state index contributed by atoms with van der Waals surface area (Å²) < 4.78 is 0. The van der Waals surface area contributed by atoms with Crippen molar-refractivity contribution in [2.75, 3.05) is 7.05 Å². The first-order valence-electron chi connectivity index (χ1n) is 4.84. The van der Waals surface area contributed by atoms with Gasteiger partial charge in [-0.25, -0.2) is 0 Å². The first-order chi connectivity index (χ1) is 7.29. The maximum absolute atomic E-state index is 3.95. The lowest BCUT2D eigenvalue weighted by Crippen LogP contribution is -1.86. The fraction of sp³-hybridized carbons (Fsp3) is 0.143. The first-order valence-corrected chi connectivity index (χ1v) is 4.84.